The van der Waals surface area contributed by atoms with E-state index in [0.29, 0.717) is 13.0 Å². The van der Waals surface area contributed by atoms with Crippen molar-refractivity contribution in [2.75, 3.05) is 25.6 Å². The Morgan fingerprint density at radius 3 is 2.61 bits per heavy atom. The van der Waals surface area contributed by atoms with Crippen LogP contribution >= 0.6 is 0 Å². The van der Waals surface area contributed by atoms with Crippen LogP contribution in [0.5, 0.6) is 0 Å². The Morgan fingerprint density at radius 2 is 2.22 bits per heavy atom. The zero-order valence-electron chi connectivity index (χ0n) is 12.3. The monoisotopic (exact) mass is 332 g/mol. The SMILES string of the molecule is CNc1nc(C(F)(F)F)ccc1C#N.O=CC1CC(CF)CN1. The lowest BCUT2D eigenvalue weighted by Gasteiger charge is -2.08. The van der Waals surface area contributed by atoms with Gasteiger partial charge in [0.05, 0.1) is 18.3 Å². The van der Waals surface area contributed by atoms with Crippen molar-refractivity contribution in [3.63, 3.8) is 0 Å². The highest BCUT2D eigenvalue weighted by Crippen LogP contribution is 2.29. The lowest BCUT2D eigenvalue weighted by atomic mass is 10.1. The summed E-state index contributed by atoms with van der Waals surface area (Å²) in [5, 5.41) is 13.9. The molecule has 1 aliphatic rings. The third-order valence-electron chi connectivity index (χ3n) is 3.18. The molecule has 1 saturated heterocycles. The van der Waals surface area contributed by atoms with Gasteiger partial charge in [-0.15, -0.1) is 0 Å². The second kappa shape index (κ2) is 8.43. The molecule has 5 nitrogen and oxygen atoms in total. The number of aromatic nitrogens is 1. The molecule has 9 heteroatoms. The number of alkyl halides is 4. The largest absolute Gasteiger partial charge is 0.433 e. The highest BCUT2D eigenvalue weighted by Gasteiger charge is 2.32. The van der Waals surface area contributed by atoms with Crippen molar-refractivity contribution in [3.8, 4) is 6.07 Å². The van der Waals surface area contributed by atoms with Gasteiger partial charge in [0.2, 0.25) is 0 Å². The predicted octanol–water partition coefficient (Wildman–Crippen LogP) is 2.15. The molecule has 0 aromatic carbocycles. The van der Waals surface area contributed by atoms with Crippen LogP contribution in [-0.2, 0) is 11.0 Å². The highest BCUT2D eigenvalue weighted by atomic mass is 19.4. The van der Waals surface area contributed by atoms with Crippen LogP contribution in [0.4, 0.5) is 23.4 Å². The maximum atomic E-state index is 12.2. The number of aldehydes is 1. The van der Waals surface area contributed by atoms with Crippen LogP contribution in [0.2, 0.25) is 0 Å². The summed E-state index contributed by atoms with van der Waals surface area (Å²) in [4.78, 5) is 13.4. The Hall–Kier alpha value is -2.21. The molecule has 2 atom stereocenters. The topological polar surface area (TPSA) is 77.8 Å². The van der Waals surface area contributed by atoms with Crippen LogP contribution < -0.4 is 10.6 Å². The van der Waals surface area contributed by atoms with Gasteiger partial charge in [-0.1, -0.05) is 0 Å². The zero-order valence-corrected chi connectivity index (χ0v) is 12.3. The fourth-order valence-electron chi connectivity index (χ4n) is 1.96. The number of pyridine rings is 1. The molecule has 2 N–H and O–H groups in total. The second-order valence-electron chi connectivity index (χ2n) is 4.86. The molecule has 1 fully saturated rings. The molecule has 23 heavy (non-hydrogen) atoms. The molecule has 2 heterocycles. The van der Waals surface area contributed by atoms with E-state index in [9.17, 15) is 22.4 Å². The predicted molar refractivity (Wildman–Crippen MR) is 75.4 cm³/mol. The second-order valence-corrected chi connectivity index (χ2v) is 4.86. The van der Waals surface area contributed by atoms with Gasteiger partial charge in [0.1, 0.15) is 23.9 Å². The number of halogens is 4. The highest BCUT2D eigenvalue weighted by molar-refractivity contribution is 5.58. The molecule has 2 rings (SSSR count). The first-order valence-electron chi connectivity index (χ1n) is 6.76. The number of hydrogen-bond acceptors (Lipinski definition) is 5. The number of nitrogens with one attached hydrogen (secondary N) is 2. The van der Waals surface area contributed by atoms with Crippen LogP contribution in [0.15, 0.2) is 12.1 Å². The molecular formula is C14H16F4N4O. The molecule has 0 amide bonds. The minimum atomic E-state index is -4.49. The van der Waals surface area contributed by atoms with Crippen molar-refractivity contribution < 1.29 is 22.4 Å². The van der Waals surface area contributed by atoms with E-state index in [1.165, 1.54) is 7.05 Å². The number of nitrogens with zero attached hydrogens (tertiary/aromatic N) is 2. The van der Waals surface area contributed by atoms with Crippen molar-refractivity contribution in [2.45, 2.75) is 18.6 Å². The molecule has 1 aromatic rings. The Bertz CT molecular complexity index is 571. The van der Waals surface area contributed by atoms with E-state index in [-0.39, 0.29) is 30.0 Å². The third-order valence-corrected chi connectivity index (χ3v) is 3.18. The summed E-state index contributed by atoms with van der Waals surface area (Å²) in [6.07, 6.45) is -2.98. The van der Waals surface area contributed by atoms with Crippen molar-refractivity contribution in [1.29, 1.82) is 5.26 Å². The standard InChI is InChI=1S/C8H6F3N3.C6H10FNO/c1-13-7-5(4-12)2-3-6(14-7)8(9,10)11;7-2-5-1-6(4-9)8-3-5/h2-3H,1H3,(H,13,14);4-6,8H,1-3H2. The van der Waals surface area contributed by atoms with E-state index in [4.69, 9.17) is 5.26 Å². The minimum absolute atomic E-state index is 0.0673. The molecule has 0 bridgehead atoms. The van der Waals surface area contributed by atoms with Gasteiger partial charge >= 0.3 is 6.18 Å². The lowest BCUT2D eigenvalue weighted by Crippen LogP contribution is -2.22. The molecule has 126 valence electrons. The average molecular weight is 332 g/mol. The van der Waals surface area contributed by atoms with Crippen molar-refractivity contribution in [3.05, 3.63) is 23.4 Å². The minimum Gasteiger partial charge on any atom is -0.372 e. The molecular weight excluding hydrogens is 316 g/mol. The van der Waals surface area contributed by atoms with Crippen LogP contribution in [0, 0.1) is 17.2 Å². The summed E-state index contributed by atoms with van der Waals surface area (Å²) in [5.41, 5.74) is -0.929. The Morgan fingerprint density at radius 1 is 1.52 bits per heavy atom. The number of anilines is 1. The van der Waals surface area contributed by atoms with E-state index in [0.717, 1.165) is 18.4 Å². The van der Waals surface area contributed by atoms with Gasteiger partial charge in [-0.05, 0) is 18.6 Å². The average Bonchev–Trinajstić information content (AvgIpc) is 3.02. The van der Waals surface area contributed by atoms with Crippen molar-refractivity contribution >= 4 is 12.1 Å². The van der Waals surface area contributed by atoms with Gasteiger partial charge in [-0.2, -0.15) is 18.4 Å². The molecule has 1 aromatic heterocycles. The lowest BCUT2D eigenvalue weighted by molar-refractivity contribution is -0.141. The number of carbonyl (C=O) groups excluding carboxylic acids is 1. The van der Waals surface area contributed by atoms with E-state index >= 15 is 0 Å². The smallest absolute Gasteiger partial charge is 0.372 e. The Kier molecular flexibility index (Phi) is 6.90. The first-order valence-corrected chi connectivity index (χ1v) is 6.76. The fraction of sp³-hybridized carbons (Fsp3) is 0.500. The Labute approximate surface area is 130 Å². The van der Waals surface area contributed by atoms with Crippen LogP contribution in [0.3, 0.4) is 0 Å². The quantitative estimate of drug-likeness (QED) is 0.655. The van der Waals surface area contributed by atoms with Gasteiger partial charge in [-0.25, -0.2) is 4.98 Å². The summed E-state index contributed by atoms with van der Waals surface area (Å²) < 4.78 is 48.4. The normalized spacial score (nSPS) is 20.2. The van der Waals surface area contributed by atoms with E-state index < -0.39 is 11.9 Å². The van der Waals surface area contributed by atoms with Crippen LogP contribution in [0.1, 0.15) is 17.7 Å². The van der Waals surface area contributed by atoms with Crippen molar-refractivity contribution in [1.82, 2.24) is 10.3 Å². The first kappa shape index (κ1) is 18.8. The summed E-state index contributed by atoms with van der Waals surface area (Å²) in [6.45, 7) is 0.344. The molecule has 0 saturated carbocycles. The molecule has 1 aliphatic heterocycles. The van der Waals surface area contributed by atoms with Gasteiger partial charge in [0.25, 0.3) is 0 Å². The maximum absolute atomic E-state index is 12.2. The molecule has 2 unspecified atom stereocenters. The van der Waals surface area contributed by atoms with Gasteiger partial charge in [0, 0.05) is 19.5 Å². The van der Waals surface area contributed by atoms with Crippen LogP contribution in [-0.4, -0.2) is 37.6 Å². The van der Waals surface area contributed by atoms with E-state index in [1.54, 1.807) is 6.07 Å². The number of hydrogen-bond donors (Lipinski definition) is 2. The Balaban J connectivity index is 0.000000253. The zero-order chi connectivity index (χ0) is 17.5. The molecule has 0 aliphatic carbocycles. The molecule has 0 radical (unpaired) electrons. The van der Waals surface area contributed by atoms with Gasteiger partial charge < -0.3 is 15.4 Å². The number of nitriles is 1. The van der Waals surface area contributed by atoms with E-state index in [1.807, 2.05) is 0 Å². The summed E-state index contributed by atoms with van der Waals surface area (Å²) in [6, 6.07) is 3.50. The van der Waals surface area contributed by atoms with Crippen molar-refractivity contribution in [2.24, 2.45) is 5.92 Å². The fourth-order valence-corrected chi connectivity index (χ4v) is 1.96. The number of carbonyl (C=O) groups is 1. The van der Waals surface area contributed by atoms with Crippen LogP contribution in [0.25, 0.3) is 0 Å². The van der Waals surface area contributed by atoms with Gasteiger partial charge in [-0.3, -0.25) is 4.39 Å². The maximum Gasteiger partial charge on any atom is 0.433 e. The third kappa shape index (κ3) is 5.49. The molecule has 0 spiro atoms. The number of rotatable bonds is 3. The summed E-state index contributed by atoms with van der Waals surface area (Å²) in [5.74, 6) is 0.00234. The van der Waals surface area contributed by atoms with Gasteiger partial charge in [0.15, 0.2) is 0 Å². The summed E-state index contributed by atoms with van der Waals surface area (Å²) in [7, 11) is 1.41. The summed E-state index contributed by atoms with van der Waals surface area (Å²) >= 11 is 0. The first-order chi connectivity index (χ1) is 10.8. The van der Waals surface area contributed by atoms with E-state index in [2.05, 4.69) is 15.6 Å².